The second-order valence-corrected chi connectivity index (χ2v) is 5.14. The molecule has 23 heavy (non-hydrogen) atoms. The van der Waals surface area contributed by atoms with Crippen LogP contribution >= 0.6 is 0 Å². The zero-order valence-electron chi connectivity index (χ0n) is 12.8. The highest BCUT2D eigenvalue weighted by molar-refractivity contribution is 6.05. The van der Waals surface area contributed by atoms with Gasteiger partial charge in [0, 0.05) is 11.3 Å². The quantitative estimate of drug-likeness (QED) is 0.852. The first kappa shape index (κ1) is 14.9. The molecule has 118 valence electrons. The molecule has 0 spiro atoms. The molecule has 0 aromatic heterocycles. The van der Waals surface area contributed by atoms with Crippen molar-refractivity contribution in [2.45, 2.75) is 13.2 Å². The number of fused-ring (bicyclic) bond motifs is 1. The first-order valence-electron chi connectivity index (χ1n) is 7.14. The average Bonchev–Trinajstić information content (AvgIpc) is 2.93. The lowest BCUT2D eigenvalue weighted by molar-refractivity contribution is 0.0600. The lowest BCUT2D eigenvalue weighted by Crippen LogP contribution is -2.13. The van der Waals surface area contributed by atoms with Crippen LogP contribution in [0, 0.1) is 0 Å². The second kappa shape index (κ2) is 6.00. The molecule has 6 heteroatoms. The number of hydrogen-bond acceptors (Lipinski definition) is 5. The summed E-state index contributed by atoms with van der Waals surface area (Å²) in [7, 11) is 1.32. The number of rotatable bonds is 3. The maximum Gasteiger partial charge on any atom is 0.337 e. The van der Waals surface area contributed by atoms with Gasteiger partial charge in [-0.1, -0.05) is 0 Å². The molecule has 0 bridgehead atoms. The number of amides is 1. The van der Waals surface area contributed by atoms with Crippen molar-refractivity contribution in [3.63, 3.8) is 0 Å². The Bertz CT molecular complexity index is 756. The van der Waals surface area contributed by atoms with E-state index >= 15 is 0 Å². The highest BCUT2D eigenvalue weighted by Crippen LogP contribution is 2.32. The van der Waals surface area contributed by atoms with E-state index in [9.17, 15) is 9.59 Å². The van der Waals surface area contributed by atoms with E-state index in [2.05, 4.69) is 15.4 Å². The third-order valence-electron chi connectivity index (χ3n) is 3.47. The number of benzene rings is 2. The molecular weight excluding hydrogens is 296 g/mol. The lowest BCUT2D eigenvalue weighted by Gasteiger charge is -2.07. The van der Waals surface area contributed by atoms with Gasteiger partial charge in [0.15, 0.2) is 6.23 Å². The number of ether oxygens (including phenoxy) is 2. The average molecular weight is 312 g/mol. The topological polar surface area (TPSA) is 76.7 Å². The Hall–Kier alpha value is -3.02. The van der Waals surface area contributed by atoms with Crippen LogP contribution in [0.5, 0.6) is 5.75 Å². The molecule has 0 aliphatic carbocycles. The zero-order valence-corrected chi connectivity index (χ0v) is 12.8. The molecule has 2 aromatic carbocycles. The van der Waals surface area contributed by atoms with Crippen LogP contribution in [-0.4, -0.2) is 25.2 Å². The van der Waals surface area contributed by atoms with Crippen molar-refractivity contribution >= 4 is 23.3 Å². The molecule has 0 fully saturated rings. The minimum atomic E-state index is -0.416. The van der Waals surface area contributed by atoms with Gasteiger partial charge in [-0.05, 0) is 49.4 Å². The molecule has 1 unspecified atom stereocenters. The van der Waals surface area contributed by atoms with Crippen LogP contribution in [0.4, 0.5) is 11.4 Å². The lowest BCUT2D eigenvalue weighted by atomic mass is 10.1. The van der Waals surface area contributed by atoms with Gasteiger partial charge in [0.1, 0.15) is 5.75 Å². The summed E-state index contributed by atoms with van der Waals surface area (Å²) in [6.45, 7) is 1.89. The summed E-state index contributed by atoms with van der Waals surface area (Å²) >= 11 is 0. The SMILES string of the molecule is COC(=O)c1ccc(NC(=O)c2ccc3c(c2)OC(C)N3)cc1. The van der Waals surface area contributed by atoms with Gasteiger partial charge < -0.3 is 20.1 Å². The normalized spacial score (nSPS) is 15.1. The van der Waals surface area contributed by atoms with Crippen molar-refractivity contribution in [3.8, 4) is 5.75 Å². The number of carbonyl (C=O) groups is 2. The Morgan fingerprint density at radius 1 is 1.13 bits per heavy atom. The van der Waals surface area contributed by atoms with Crippen molar-refractivity contribution in [1.82, 2.24) is 0 Å². The first-order valence-corrected chi connectivity index (χ1v) is 7.14. The fourth-order valence-corrected chi connectivity index (χ4v) is 2.33. The maximum atomic E-state index is 12.3. The van der Waals surface area contributed by atoms with E-state index in [0.29, 0.717) is 22.6 Å². The molecule has 6 nitrogen and oxygen atoms in total. The summed E-state index contributed by atoms with van der Waals surface area (Å²) in [6.07, 6.45) is -0.103. The number of anilines is 2. The predicted molar refractivity (Wildman–Crippen MR) is 85.9 cm³/mol. The van der Waals surface area contributed by atoms with Gasteiger partial charge >= 0.3 is 5.97 Å². The minimum Gasteiger partial charge on any atom is -0.469 e. The van der Waals surface area contributed by atoms with Crippen LogP contribution in [0.2, 0.25) is 0 Å². The number of carbonyl (C=O) groups excluding carboxylic acids is 2. The van der Waals surface area contributed by atoms with Crippen LogP contribution in [0.15, 0.2) is 42.5 Å². The predicted octanol–water partition coefficient (Wildman–Crippen LogP) is 2.88. The fraction of sp³-hybridized carbons (Fsp3) is 0.176. The summed E-state index contributed by atoms with van der Waals surface area (Å²) < 4.78 is 10.2. The van der Waals surface area contributed by atoms with Crippen LogP contribution in [0.25, 0.3) is 0 Å². The molecule has 1 amide bonds. The number of methoxy groups -OCH3 is 1. The Balaban J connectivity index is 1.72. The summed E-state index contributed by atoms with van der Waals surface area (Å²) in [4.78, 5) is 23.7. The van der Waals surface area contributed by atoms with Crippen LogP contribution < -0.4 is 15.4 Å². The fourth-order valence-electron chi connectivity index (χ4n) is 2.33. The molecule has 0 saturated heterocycles. The minimum absolute atomic E-state index is 0.103. The van der Waals surface area contributed by atoms with Gasteiger partial charge in [0.25, 0.3) is 5.91 Å². The van der Waals surface area contributed by atoms with Crippen molar-refractivity contribution in [1.29, 1.82) is 0 Å². The Kier molecular flexibility index (Phi) is 3.89. The third kappa shape index (κ3) is 3.11. The largest absolute Gasteiger partial charge is 0.469 e. The zero-order chi connectivity index (χ0) is 16.4. The van der Waals surface area contributed by atoms with E-state index in [0.717, 1.165) is 5.69 Å². The summed E-state index contributed by atoms with van der Waals surface area (Å²) in [5, 5.41) is 5.92. The number of hydrogen-bond donors (Lipinski definition) is 2. The Morgan fingerprint density at radius 2 is 1.83 bits per heavy atom. The van der Waals surface area contributed by atoms with E-state index in [4.69, 9.17) is 4.74 Å². The Morgan fingerprint density at radius 3 is 2.52 bits per heavy atom. The van der Waals surface area contributed by atoms with Crippen molar-refractivity contribution in [2.24, 2.45) is 0 Å². The summed E-state index contributed by atoms with van der Waals surface area (Å²) in [6, 6.07) is 11.7. The molecule has 1 heterocycles. The molecule has 1 atom stereocenters. The molecule has 1 aliphatic rings. The smallest absolute Gasteiger partial charge is 0.337 e. The van der Waals surface area contributed by atoms with Crippen molar-refractivity contribution in [3.05, 3.63) is 53.6 Å². The third-order valence-corrected chi connectivity index (χ3v) is 3.47. The van der Waals surface area contributed by atoms with Crippen LogP contribution in [0.3, 0.4) is 0 Å². The van der Waals surface area contributed by atoms with Gasteiger partial charge in [-0.25, -0.2) is 4.79 Å². The van der Waals surface area contributed by atoms with E-state index in [-0.39, 0.29) is 12.1 Å². The van der Waals surface area contributed by atoms with Crippen LogP contribution in [0.1, 0.15) is 27.6 Å². The van der Waals surface area contributed by atoms with Gasteiger partial charge in [-0.2, -0.15) is 0 Å². The summed E-state index contributed by atoms with van der Waals surface area (Å²) in [5.74, 6) is -0.00627. The standard InChI is InChI=1S/C17H16N2O4/c1-10-18-14-8-5-12(9-15(14)23-10)16(20)19-13-6-3-11(4-7-13)17(21)22-2/h3-10,18H,1-2H3,(H,19,20). The molecule has 2 aromatic rings. The maximum absolute atomic E-state index is 12.3. The van der Waals surface area contributed by atoms with E-state index in [1.807, 2.05) is 13.0 Å². The van der Waals surface area contributed by atoms with E-state index in [1.54, 1.807) is 36.4 Å². The molecular formula is C17H16N2O4. The van der Waals surface area contributed by atoms with Crippen LogP contribution in [-0.2, 0) is 4.74 Å². The van der Waals surface area contributed by atoms with Crippen molar-refractivity contribution in [2.75, 3.05) is 17.7 Å². The number of esters is 1. The Labute approximate surface area is 133 Å². The highest BCUT2D eigenvalue weighted by atomic mass is 16.5. The monoisotopic (exact) mass is 312 g/mol. The molecule has 2 N–H and O–H groups in total. The van der Waals surface area contributed by atoms with Gasteiger partial charge in [-0.15, -0.1) is 0 Å². The van der Waals surface area contributed by atoms with Gasteiger partial charge in [-0.3, -0.25) is 4.79 Å². The van der Waals surface area contributed by atoms with E-state index < -0.39 is 5.97 Å². The number of nitrogens with one attached hydrogen (secondary N) is 2. The van der Waals surface area contributed by atoms with Gasteiger partial charge in [0.05, 0.1) is 18.4 Å². The van der Waals surface area contributed by atoms with Crippen molar-refractivity contribution < 1.29 is 19.1 Å². The first-order chi connectivity index (χ1) is 11.1. The van der Waals surface area contributed by atoms with Gasteiger partial charge in [0.2, 0.25) is 0 Å². The molecule has 0 radical (unpaired) electrons. The molecule has 3 rings (SSSR count). The molecule has 1 aliphatic heterocycles. The highest BCUT2D eigenvalue weighted by Gasteiger charge is 2.19. The summed E-state index contributed by atoms with van der Waals surface area (Å²) in [5.41, 5.74) is 2.39. The molecule has 0 saturated carbocycles. The second-order valence-electron chi connectivity index (χ2n) is 5.14. The van der Waals surface area contributed by atoms with E-state index in [1.165, 1.54) is 7.11 Å².